The fourth-order valence-electron chi connectivity index (χ4n) is 2.38. The first-order chi connectivity index (χ1) is 12.9. The fraction of sp³-hybridized carbons (Fsp3) is 0.471. The molecule has 0 aliphatic rings. The van der Waals surface area contributed by atoms with Crippen LogP contribution in [-0.4, -0.2) is 31.4 Å². The van der Waals surface area contributed by atoms with Gasteiger partial charge >= 0.3 is 18.1 Å². The van der Waals surface area contributed by atoms with Crippen LogP contribution >= 0.6 is 27.5 Å². The van der Waals surface area contributed by atoms with E-state index in [9.17, 15) is 18.0 Å². The Labute approximate surface area is 173 Å². The van der Waals surface area contributed by atoms with Gasteiger partial charge in [0.25, 0.3) is 0 Å². The van der Waals surface area contributed by atoms with Crippen LogP contribution in [0.5, 0.6) is 5.75 Å². The summed E-state index contributed by atoms with van der Waals surface area (Å²) in [5.74, 6) is -3.05. The number of halogens is 5. The van der Waals surface area contributed by atoms with E-state index in [0.29, 0.717) is 5.33 Å². The van der Waals surface area contributed by atoms with E-state index in [0.717, 1.165) is 23.7 Å². The van der Waals surface area contributed by atoms with Gasteiger partial charge in [0, 0.05) is 17.7 Å². The van der Waals surface area contributed by atoms with Crippen molar-refractivity contribution in [2.75, 3.05) is 5.33 Å². The summed E-state index contributed by atoms with van der Waals surface area (Å²) < 4.78 is 51.6. The lowest BCUT2D eigenvalue weighted by Gasteiger charge is -2.42. The van der Waals surface area contributed by atoms with E-state index in [2.05, 4.69) is 26.0 Å². The van der Waals surface area contributed by atoms with Gasteiger partial charge < -0.3 is 9.47 Å². The van der Waals surface area contributed by atoms with Gasteiger partial charge in [0.1, 0.15) is 23.8 Å². The number of carbonyl (C=O) groups excluding carboxylic acids is 1. The van der Waals surface area contributed by atoms with Crippen molar-refractivity contribution in [1.29, 1.82) is 0 Å². The van der Waals surface area contributed by atoms with Crippen LogP contribution in [-0.2, 0) is 21.6 Å². The lowest BCUT2D eigenvalue weighted by molar-refractivity contribution is -0.250. The summed E-state index contributed by atoms with van der Waals surface area (Å²) in [6.07, 6.45) is -2.21. The largest absolute Gasteiger partial charge is 0.433 e. The molecule has 2 rings (SSSR count). The number of ether oxygens (including phenoxy) is 2. The number of alkyl halides is 5. The van der Waals surface area contributed by atoms with Crippen LogP contribution in [0.25, 0.3) is 0 Å². The van der Waals surface area contributed by atoms with Crippen LogP contribution in [0.15, 0.2) is 36.9 Å². The molecule has 0 N–H and O–H groups in total. The molecule has 0 amide bonds. The van der Waals surface area contributed by atoms with Crippen molar-refractivity contribution in [2.45, 2.75) is 38.2 Å². The van der Waals surface area contributed by atoms with Crippen molar-refractivity contribution in [3.63, 3.8) is 0 Å². The van der Waals surface area contributed by atoms with Crippen LogP contribution in [0, 0.1) is 5.41 Å². The van der Waals surface area contributed by atoms with Crippen molar-refractivity contribution >= 4 is 33.5 Å². The second-order valence-electron chi connectivity index (χ2n) is 6.68. The molecule has 28 heavy (non-hydrogen) atoms. The van der Waals surface area contributed by atoms with Gasteiger partial charge in [-0.25, -0.2) is 4.98 Å². The first kappa shape index (κ1) is 22.5. The number of benzene rings is 1. The second kappa shape index (κ2) is 8.28. The average Bonchev–Trinajstić information content (AvgIpc) is 3.14. The van der Waals surface area contributed by atoms with Crippen molar-refractivity contribution < 1.29 is 27.4 Å². The van der Waals surface area contributed by atoms with Gasteiger partial charge in [0.2, 0.25) is 0 Å². The van der Waals surface area contributed by atoms with Crippen molar-refractivity contribution in [2.24, 2.45) is 5.41 Å². The molecule has 0 radical (unpaired) electrons. The van der Waals surface area contributed by atoms with E-state index in [1.807, 2.05) is 0 Å². The number of hydrogen-bond acceptors (Lipinski definition) is 5. The summed E-state index contributed by atoms with van der Waals surface area (Å²) in [6, 6.07) is 4.17. The standard InChI is InChI=1S/C17H18BrClF3N3O3/c1-11(26)27-17(25-10-23-9-24-25,14(19)15(2,3)8-18)28-13-6-4-5-12(7-13)16(20,21)22/h4-7,9-10,14H,8H2,1-3H3. The molecule has 6 nitrogen and oxygen atoms in total. The number of esters is 1. The smallest absolute Gasteiger partial charge is 0.416 e. The third kappa shape index (κ3) is 4.78. The zero-order valence-corrected chi connectivity index (χ0v) is 17.5. The van der Waals surface area contributed by atoms with Crippen molar-refractivity contribution in [3.05, 3.63) is 42.5 Å². The lowest BCUT2D eigenvalue weighted by atomic mass is 9.89. The highest BCUT2D eigenvalue weighted by Gasteiger charge is 2.54. The van der Waals surface area contributed by atoms with Gasteiger partial charge in [-0.3, -0.25) is 4.79 Å². The van der Waals surface area contributed by atoms with E-state index in [1.54, 1.807) is 13.8 Å². The molecule has 0 saturated heterocycles. The van der Waals surface area contributed by atoms with Gasteiger partial charge in [-0.15, -0.1) is 11.6 Å². The number of hydrogen-bond donors (Lipinski definition) is 0. The molecule has 2 unspecified atom stereocenters. The number of rotatable bonds is 7. The van der Waals surface area contributed by atoms with E-state index in [4.69, 9.17) is 21.1 Å². The van der Waals surface area contributed by atoms with E-state index in [-0.39, 0.29) is 5.75 Å². The minimum atomic E-state index is -4.58. The van der Waals surface area contributed by atoms with Gasteiger partial charge in [-0.1, -0.05) is 35.8 Å². The van der Waals surface area contributed by atoms with E-state index in [1.165, 1.54) is 24.8 Å². The monoisotopic (exact) mass is 483 g/mol. The molecule has 0 bridgehead atoms. The third-order valence-corrected chi connectivity index (χ3v) is 6.12. The fourth-order valence-corrected chi connectivity index (χ4v) is 3.15. The maximum Gasteiger partial charge on any atom is 0.416 e. The summed E-state index contributed by atoms with van der Waals surface area (Å²) in [5, 5.41) is 3.26. The Hall–Kier alpha value is -1.81. The first-order valence-electron chi connectivity index (χ1n) is 8.03. The molecule has 0 aliphatic heterocycles. The summed E-state index contributed by atoms with van der Waals surface area (Å²) in [6.45, 7) is 4.67. The Morgan fingerprint density at radius 2 is 2.04 bits per heavy atom. The van der Waals surface area contributed by atoms with Crippen LogP contribution in [0.2, 0.25) is 0 Å². The molecule has 0 aliphatic carbocycles. The summed E-state index contributed by atoms with van der Waals surface area (Å²) >= 11 is 10.0. The Bertz CT molecular complexity index is 817. The minimum Gasteiger partial charge on any atom is -0.433 e. The summed E-state index contributed by atoms with van der Waals surface area (Å²) in [7, 11) is 0. The molecular weight excluding hydrogens is 467 g/mol. The molecule has 154 valence electrons. The minimum absolute atomic E-state index is 0.206. The SMILES string of the molecule is CC(=O)OC(Oc1cccc(C(F)(F)F)c1)(C(Cl)C(C)(C)CBr)n1cncn1. The number of carbonyl (C=O) groups is 1. The van der Waals surface area contributed by atoms with Gasteiger partial charge in [0.15, 0.2) is 0 Å². The normalized spacial score (nSPS) is 15.6. The van der Waals surface area contributed by atoms with Crippen molar-refractivity contribution in [3.8, 4) is 5.75 Å². The second-order valence-corrected chi connectivity index (χ2v) is 7.67. The first-order valence-corrected chi connectivity index (χ1v) is 9.59. The summed E-state index contributed by atoms with van der Waals surface area (Å²) in [5.41, 5.74) is -1.66. The van der Waals surface area contributed by atoms with Gasteiger partial charge in [-0.05, 0) is 18.2 Å². The Morgan fingerprint density at radius 3 is 2.54 bits per heavy atom. The Morgan fingerprint density at radius 1 is 1.36 bits per heavy atom. The van der Waals surface area contributed by atoms with E-state index >= 15 is 0 Å². The maximum atomic E-state index is 13.1. The quantitative estimate of drug-likeness (QED) is 0.327. The van der Waals surface area contributed by atoms with Crippen LogP contribution in [0.3, 0.4) is 0 Å². The molecule has 2 atom stereocenters. The van der Waals surface area contributed by atoms with Gasteiger partial charge in [-0.2, -0.15) is 23.0 Å². The number of aromatic nitrogens is 3. The molecule has 0 saturated carbocycles. The molecule has 11 heteroatoms. The Balaban J connectivity index is 2.62. The van der Waals surface area contributed by atoms with Crippen molar-refractivity contribution in [1.82, 2.24) is 14.8 Å². The molecule has 1 heterocycles. The zero-order chi connectivity index (χ0) is 21.2. The van der Waals surface area contributed by atoms with Gasteiger partial charge in [0.05, 0.1) is 5.56 Å². The third-order valence-electron chi connectivity index (χ3n) is 3.80. The predicted octanol–water partition coefficient (Wildman–Crippen LogP) is 4.58. The highest BCUT2D eigenvalue weighted by Crippen LogP contribution is 2.42. The highest BCUT2D eigenvalue weighted by atomic mass is 79.9. The summed E-state index contributed by atoms with van der Waals surface area (Å²) in [4.78, 5) is 15.7. The maximum absolute atomic E-state index is 13.1. The molecule has 1 aromatic heterocycles. The molecule has 0 fully saturated rings. The number of nitrogens with zero attached hydrogens (tertiary/aromatic N) is 3. The molecule has 1 aromatic carbocycles. The zero-order valence-electron chi connectivity index (χ0n) is 15.2. The van der Waals surface area contributed by atoms with Crippen LogP contribution in [0.1, 0.15) is 26.3 Å². The predicted molar refractivity (Wildman–Crippen MR) is 99.1 cm³/mol. The van der Waals surface area contributed by atoms with Crippen LogP contribution < -0.4 is 4.74 Å². The van der Waals surface area contributed by atoms with E-state index < -0.39 is 34.4 Å². The van der Waals surface area contributed by atoms with Crippen LogP contribution in [0.4, 0.5) is 13.2 Å². The molecule has 0 spiro atoms. The topological polar surface area (TPSA) is 66.2 Å². The highest BCUT2D eigenvalue weighted by molar-refractivity contribution is 9.09. The molecule has 2 aromatic rings. The molecular formula is C17H18BrClF3N3O3. The lowest BCUT2D eigenvalue weighted by Crippen LogP contribution is -2.56. The average molecular weight is 485 g/mol. The Kier molecular flexibility index (Phi) is 6.65.